The number of thiol groups is 1. The number of fused-ring (bicyclic) bond motifs is 1. The van der Waals surface area contributed by atoms with Crippen molar-refractivity contribution in [2.75, 3.05) is 11.4 Å². The first-order valence-corrected chi connectivity index (χ1v) is 8.51. The van der Waals surface area contributed by atoms with E-state index in [1.54, 1.807) is 0 Å². The third-order valence-electron chi connectivity index (χ3n) is 4.32. The Labute approximate surface area is 132 Å². The smallest absolute Gasteiger partial charge is 0.169 e. The summed E-state index contributed by atoms with van der Waals surface area (Å²) in [7, 11) is 0. The topological polar surface area (TPSA) is 56.3 Å². The van der Waals surface area contributed by atoms with Gasteiger partial charge in [-0.2, -0.15) is 0 Å². The van der Waals surface area contributed by atoms with Gasteiger partial charge in [-0.3, -0.25) is 0 Å². The van der Waals surface area contributed by atoms with E-state index in [0.29, 0.717) is 12.0 Å². The van der Waals surface area contributed by atoms with Gasteiger partial charge in [-0.05, 0) is 19.8 Å². The number of nitrogens with one attached hydrogen (secondary N) is 2. The van der Waals surface area contributed by atoms with Crippen molar-refractivity contribution in [2.24, 2.45) is 4.99 Å². The number of anilines is 1. The van der Waals surface area contributed by atoms with Gasteiger partial charge in [-0.15, -0.1) is 12.6 Å². The second kappa shape index (κ2) is 5.91. The summed E-state index contributed by atoms with van der Waals surface area (Å²) in [6.07, 6.45) is 5.08. The summed E-state index contributed by atoms with van der Waals surface area (Å²) in [5.41, 5.74) is 0.868. The molecular formula is C15H25N5S. The summed E-state index contributed by atoms with van der Waals surface area (Å²) in [6, 6.07) is 0.538. The zero-order valence-corrected chi connectivity index (χ0v) is 14.0. The summed E-state index contributed by atoms with van der Waals surface area (Å²) in [5.74, 6) is 3.31. The molecule has 2 heterocycles. The highest BCUT2D eigenvalue weighted by molar-refractivity contribution is 7.81. The van der Waals surface area contributed by atoms with E-state index in [4.69, 9.17) is 9.98 Å². The van der Waals surface area contributed by atoms with Crippen molar-refractivity contribution in [3.63, 3.8) is 0 Å². The fourth-order valence-electron chi connectivity index (χ4n) is 3.07. The number of aliphatic imine (C=N–C) groups is 1. The molecule has 0 spiro atoms. The van der Waals surface area contributed by atoms with Gasteiger partial charge in [0.25, 0.3) is 0 Å². The van der Waals surface area contributed by atoms with Crippen LogP contribution in [0.5, 0.6) is 0 Å². The van der Waals surface area contributed by atoms with Crippen LogP contribution in [-0.4, -0.2) is 33.9 Å². The summed E-state index contributed by atoms with van der Waals surface area (Å²) < 4.78 is 0. The molecule has 1 aromatic rings. The van der Waals surface area contributed by atoms with Crippen molar-refractivity contribution in [1.29, 1.82) is 0 Å². The quantitative estimate of drug-likeness (QED) is 0.753. The van der Waals surface area contributed by atoms with Crippen molar-refractivity contribution in [3.05, 3.63) is 11.5 Å². The minimum absolute atomic E-state index is 0.158. The van der Waals surface area contributed by atoms with Crippen LogP contribution in [0.2, 0.25) is 0 Å². The Kier molecular flexibility index (Phi) is 4.15. The number of rotatable bonds is 3. The molecule has 1 saturated carbocycles. The molecule has 1 aromatic heterocycles. The van der Waals surface area contributed by atoms with Crippen molar-refractivity contribution in [3.8, 4) is 0 Å². The molecule has 1 aliphatic heterocycles. The number of nitrogens with zero attached hydrogens (tertiary/aromatic N) is 3. The molecule has 3 rings (SSSR count). The molecule has 0 radical (unpaired) electrons. The summed E-state index contributed by atoms with van der Waals surface area (Å²) >= 11 is 4.62. The van der Waals surface area contributed by atoms with E-state index in [-0.39, 0.29) is 5.50 Å². The Balaban J connectivity index is 1.93. The zero-order valence-electron chi connectivity index (χ0n) is 13.1. The number of hydrogen-bond donors (Lipinski definition) is 3. The van der Waals surface area contributed by atoms with Gasteiger partial charge in [0.05, 0.1) is 0 Å². The highest BCUT2D eigenvalue weighted by Gasteiger charge is 2.30. The Bertz CT molecular complexity index is 530. The van der Waals surface area contributed by atoms with Crippen LogP contribution in [0.15, 0.2) is 4.99 Å². The van der Waals surface area contributed by atoms with Crippen molar-refractivity contribution < 1.29 is 0 Å². The molecule has 1 fully saturated rings. The van der Waals surface area contributed by atoms with Crippen molar-refractivity contribution in [2.45, 2.75) is 63.9 Å². The van der Waals surface area contributed by atoms with Gasteiger partial charge in [0.2, 0.25) is 0 Å². The van der Waals surface area contributed by atoms with Crippen LogP contribution in [-0.2, 0) is 0 Å². The van der Waals surface area contributed by atoms with E-state index in [1.807, 2.05) is 0 Å². The third-order valence-corrected chi connectivity index (χ3v) is 4.71. The second-order valence-corrected chi connectivity index (χ2v) is 6.67. The van der Waals surface area contributed by atoms with Crippen LogP contribution in [0.1, 0.15) is 63.9 Å². The molecule has 2 aliphatic rings. The number of aromatic amines is 1. The largest absolute Gasteiger partial charge is 0.366 e. The van der Waals surface area contributed by atoms with Crippen LogP contribution in [0.4, 0.5) is 5.82 Å². The average molecular weight is 307 g/mol. The Morgan fingerprint density at radius 3 is 2.71 bits per heavy atom. The number of amidine groups is 1. The van der Waals surface area contributed by atoms with Crippen molar-refractivity contribution >= 4 is 24.3 Å². The molecular weight excluding hydrogens is 282 g/mol. The lowest BCUT2D eigenvalue weighted by Crippen LogP contribution is -2.42. The number of aromatic nitrogens is 2. The highest BCUT2D eigenvalue weighted by atomic mass is 32.1. The van der Waals surface area contributed by atoms with Gasteiger partial charge in [0.15, 0.2) is 17.2 Å². The predicted octanol–water partition coefficient (Wildman–Crippen LogP) is 2.87. The van der Waals surface area contributed by atoms with E-state index >= 15 is 0 Å². The molecule has 1 atom stereocenters. The first kappa shape index (κ1) is 14.8. The molecule has 116 valence electrons. The standard InChI is InChI=1S/C15H25N5S/c1-4-20-14-11(17-12(18-14)9(2)3)13(19-15(20)21)16-10-7-5-6-8-10/h9-10,15,21H,4-8H2,1-3H3,(H,16,19)(H,17,18). The molecule has 21 heavy (non-hydrogen) atoms. The predicted molar refractivity (Wildman–Crippen MR) is 90.4 cm³/mol. The molecule has 5 nitrogen and oxygen atoms in total. The average Bonchev–Trinajstić information content (AvgIpc) is 3.07. The summed E-state index contributed by atoms with van der Waals surface area (Å²) in [4.78, 5) is 15.1. The zero-order chi connectivity index (χ0) is 15.0. The fraction of sp³-hybridized carbons (Fsp3) is 0.733. The lowest BCUT2D eigenvalue weighted by molar-refractivity contribution is 0.623. The first-order chi connectivity index (χ1) is 10.1. The molecule has 6 heteroatoms. The maximum atomic E-state index is 4.78. The van der Waals surface area contributed by atoms with Crippen LogP contribution in [0.3, 0.4) is 0 Å². The Hall–Kier alpha value is -1.17. The summed E-state index contributed by atoms with van der Waals surface area (Å²) in [6.45, 7) is 7.27. The fourth-order valence-corrected chi connectivity index (χ4v) is 3.46. The van der Waals surface area contributed by atoms with E-state index in [1.165, 1.54) is 25.7 Å². The highest BCUT2D eigenvalue weighted by Crippen LogP contribution is 2.30. The van der Waals surface area contributed by atoms with Crippen LogP contribution >= 0.6 is 12.6 Å². The van der Waals surface area contributed by atoms with Gasteiger partial charge >= 0.3 is 0 Å². The normalized spacial score (nSPS) is 22.6. The molecule has 0 aromatic carbocycles. The summed E-state index contributed by atoms with van der Waals surface area (Å²) in [5, 5.41) is 3.60. The maximum absolute atomic E-state index is 4.78. The van der Waals surface area contributed by atoms with Crippen molar-refractivity contribution in [1.82, 2.24) is 15.3 Å². The van der Waals surface area contributed by atoms with Gasteiger partial charge in [-0.25, -0.2) is 9.98 Å². The minimum atomic E-state index is -0.158. The molecule has 0 saturated heterocycles. The minimum Gasteiger partial charge on any atom is -0.366 e. The van der Waals surface area contributed by atoms with Crippen LogP contribution in [0, 0.1) is 0 Å². The van der Waals surface area contributed by atoms with E-state index < -0.39 is 0 Å². The molecule has 1 aliphatic carbocycles. The third kappa shape index (κ3) is 2.78. The molecule has 0 bridgehead atoms. The van der Waals surface area contributed by atoms with Gasteiger partial charge < -0.3 is 15.2 Å². The first-order valence-electron chi connectivity index (χ1n) is 7.99. The maximum Gasteiger partial charge on any atom is 0.169 e. The van der Waals surface area contributed by atoms with Gasteiger partial charge in [0, 0.05) is 18.5 Å². The number of H-pyrrole nitrogens is 1. The lowest BCUT2D eigenvalue weighted by atomic mass is 10.2. The van der Waals surface area contributed by atoms with E-state index in [9.17, 15) is 0 Å². The number of imidazole rings is 1. The molecule has 2 N–H and O–H groups in total. The van der Waals surface area contributed by atoms with E-state index in [2.05, 4.69) is 48.6 Å². The second-order valence-electron chi connectivity index (χ2n) is 6.21. The van der Waals surface area contributed by atoms with E-state index in [0.717, 1.165) is 29.7 Å². The Morgan fingerprint density at radius 2 is 2.10 bits per heavy atom. The molecule has 0 amide bonds. The Morgan fingerprint density at radius 1 is 1.38 bits per heavy atom. The number of hydrogen-bond acceptors (Lipinski definition) is 5. The SMILES string of the molecule is CCN1c2nc(C(C)C)[nH]c2C(NC2CCCC2)=NC1S. The molecule has 1 unspecified atom stereocenters. The van der Waals surface area contributed by atoms with Crippen LogP contribution < -0.4 is 10.2 Å². The van der Waals surface area contributed by atoms with Gasteiger partial charge in [-0.1, -0.05) is 26.7 Å². The lowest BCUT2D eigenvalue weighted by Gasteiger charge is -2.31. The van der Waals surface area contributed by atoms with Crippen LogP contribution in [0.25, 0.3) is 0 Å². The van der Waals surface area contributed by atoms with Gasteiger partial charge in [0.1, 0.15) is 11.5 Å². The monoisotopic (exact) mass is 307 g/mol.